The average molecular weight is 402 g/mol. The molecule has 0 fully saturated rings. The van der Waals surface area contributed by atoms with E-state index in [-0.39, 0.29) is 11.4 Å². The van der Waals surface area contributed by atoms with Crippen LogP contribution in [0.1, 0.15) is 65.0 Å². The van der Waals surface area contributed by atoms with Gasteiger partial charge in [-0.05, 0) is 88.4 Å². The van der Waals surface area contributed by atoms with E-state index < -0.39 is 0 Å². The van der Waals surface area contributed by atoms with Crippen LogP contribution in [0.3, 0.4) is 0 Å². The van der Waals surface area contributed by atoms with Crippen LogP contribution in [0.15, 0.2) is 59.2 Å². The fourth-order valence-corrected chi connectivity index (χ4v) is 5.13. The summed E-state index contributed by atoms with van der Waals surface area (Å²) in [7, 11) is 0. The molecule has 2 aliphatic heterocycles. The van der Waals surface area contributed by atoms with Gasteiger partial charge in [-0.2, -0.15) is 10.1 Å². The quantitative estimate of drug-likeness (QED) is 0.592. The van der Waals surface area contributed by atoms with Crippen molar-refractivity contribution in [2.24, 2.45) is 5.10 Å². The van der Waals surface area contributed by atoms with Gasteiger partial charge < -0.3 is 4.90 Å². The van der Waals surface area contributed by atoms with Crippen LogP contribution in [-0.4, -0.2) is 23.2 Å². The molecular weight excluding hydrogens is 370 g/mol. The fraction of sp³-hybridized carbons (Fsp3) is 0.385. The van der Waals surface area contributed by atoms with Crippen molar-refractivity contribution < 1.29 is 4.79 Å². The molecule has 2 aromatic rings. The summed E-state index contributed by atoms with van der Waals surface area (Å²) in [4.78, 5) is 15.6. The Balaban J connectivity index is 1.70. The van der Waals surface area contributed by atoms with Crippen LogP contribution in [-0.2, 0) is 4.79 Å². The Morgan fingerprint density at radius 2 is 1.83 bits per heavy atom. The lowest BCUT2D eigenvalue weighted by Gasteiger charge is -2.50. The number of hydrogen-bond acceptors (Lipinski definition) is 3. The van der Waals surface area contributed by atoms with Crippen molar-refractivity contribution in [2.45, 2.75) is 65.5 Å². The number of carbonyl (C=O) groups is 1. The average Bonchev–Trinajstić information content (AvgIpc) is 2.96. The van der Waals surface area contributed by atoms with E-state index in [1.807, 2.05) is 43.3 Å². The Hall–Kier alpha value is -2.88. The number of hydrazone groups is 1. The van der Waals surface area contributed by atoms with Crippen LogP contribution < -0.4 is 9.91 Å². The summed E-state index contributed by atoms with van der Waals surface area (Å²) in [5.41, 5.74) is 6.04. The zero-order chi connectivity index (χ0) is 21.6. The Morgan fingerprint density at radius 1 is 1.13 bits per heavy atom. The molecule has 0 spiro atoms. The number of amides is 1. The maximum Gasteiger partial charge on any atom is 0.280 e. The lowest BCUT2D eigenvalue weighted by atomic mass is 9.78. The van der Waals surface area contributed by atoms with Gasteiger partial charge in [0.15, 0.2) is 0 Å². The van der Waals surface area contributed by atoms with Crippen molar-refractivity contribution in [1.29, 1.82) is 0 Å². The van der Waals surface area contributed by atoms with Gasteiger partial charge in [-0.15, -0.1) is 0 Å². The second-order valence-corrected chi connectivity index (χ2v) is 9.40. The molecule has 4 rings (SSSR count). The Bertz CT molecular complexity index is 1030. The highest BCUT2D eigenvalue weighted by Gasteiger charge is 2.37. The van der Waals surface area contributed by atoms with E-state index in [1.165, 1.54) is 16.3 Å². The predicted octanol–water partition coefficient (Wildman–Crippen LogP) is 5.99. The largest absolute Gasteiger partial charge is 0.364 e. The Morgan fingerprint density at radius 3 is 2.50 bits per heavy atom. The van der Waals surface area contributed by atoms with Gasteiger partial charge in [-0.1, -0.05) is 31.2 Å². The number of anilines is 2. The minimum atomic E-state index is -0.0746. The molecule has 0 aromatic heterocycles. The first-order valence-electron chi connectivity index (χ1n) is 10.8. The molecule has 2 aliphatic rings. The minimum Gasteiger partial charge on any atom is -0.364 e. The number of carbonyl (C=O) groups excluding carboxylic acids is 1. The topological polar surface area (TPSA) is 35.9 Å². The molecule has 1 amide bonds. The van der Waals surface area contributed by atoms with Crippen molar-refractivity contribution >= 4 is 29.1 Å². The highest BCUT2D eigenvalue weighted by molar-refractivity contribution is 6.32. The summed E-state index contributed by atoms with van der Waals surface area (Å²) in [5.74, 6) is 0.396. The third kappa shape index (κ3) is 3.45. The van der Waals surface area contributed by atoms with E-state index in [2.05, 4.69) is 62.8 Å². The van der Waals surface area contributed by atoms with Crippen LogP contribution in [0.5, 0.6) is 0 Å². The first kappa shape index (κ1) is 20.4. The Kier molecular flexibility index (Phi) is 5.05. The van der Waals surface area contributed by atoms with Crippen LogP contribution >= 0.6 is 0 Å². The molecule has 4 nitrogen and oxygen atoms in total. The lowest BCUT2D eigenvalue weighted by Crippen LogP contribution is -2.51. The van der Waals surface area contributed by atoms with Crippen LogP contribution in [0.4, 0.5) is 11.4 Å². The smallest absolute Gasteiger partial charge is 0.280 e. The van der Waals surface area contributed by atoms with Gasteiger partial charge in [0.25, 0.3) is 5.91 Å². The molecule has 156 valence electrons. The molecule has 0 bridgehead atoms. The molecule has 1 unspecified atom stereocenters. The predicted molar refractivity (Wildman–Crippen MR) is 126 cm³/mol. The van der Waals surface area contributed by atoms with Gasteiger partial charge in [-0.3, -0.25) is 4.79 Å². The van der Waals surface area contributed by atoms with Gasteiger partial charge in [0, 0.05) is 17.3 Å². The first-order valence-corrected chi connectivity index (χ1v) is 10.8. The van der Waals surface area contributed by atoms with Crippen LogP contribution in [0.25, 0.3) is 6.08 Å². The molecule has 2 heterocycles. The number of benzene rings is 2. The maximum absolute atomic E-state index is 13.0. The highest BCUT2D eigenvalue weighted by atomic mass is 16.2. The number of hydrogen-bond donors (Lipinski definition) is 0. The fourth-order valence-electron chi connectivity index (χ4n) is 5.13. The third-order valence-corrected chi connectivity index (χ3v) is 6.19. The van der Waals surface area contributed by atoms with Crippen molar-refractivity contribution in [1.82, 2.24) is 0 Å². The molecule has 0 saturated heterocycles. The first-order chi connectivity index (χ1) is 14.2. The number of nitrogens with zero attached hydrogens (tertiary/aromatic N) is 3. The third-order valence-electron chi connectivity index (χ3n) is 6.19. The molecule has 30 heavy (non-hydrogen) atoms. The SMILES string of the molecule is CC1=NN(c2ccccc2)C(=O)/C1=C/c1ccc2c(c1)C(C)CC(C)(C)N2C(C)C. The zero-order valence-electron chi connectivity index (χ0n) is 18.8. The molecular formula is C26H31N3O. The molecule has 0 N–H and O–H groups in total. The maximum atomic E-state index is 13.0. The van der Waals surface area contributed by atoms with E-state index in [0.717, 1.165) is 23.4 Å². The van der Waals surface area contributed by atoms with E-state index in [4.69, 9.17) is 0 Å². The van der Waals surface area contributed by atoms with E-state index in [1.54, 1.807) is 0 Å². The molecule has 0 aliphatic carbocycles. The van der Waals surface area contributed by atoms with Crippen molar-refractivity contribution in [3.8, 4) is 0 Å². The molecule has 4 heteroatoms. The summed E-state index contributed by atoms with van der Waals surface area (Å²) >= 11 is 0. The number of fused-ring (bicyclic) bond motifs is 1. The van der Waals surface area contributed by atoms with Crippen molar-refractivity contribution in [3.05, 3.63) is 65.2 Å². The minimum absolute atomic E-state index is 0.0746. The second-order valence-electron chi connectivity index (χ2n) is 9.40. The van der Waals surface area contributed by atoms with Crippen LogP contribution in [0, 0.1) is 0 Å². The molecule has 0 saturated carbocycles. The van der Waals surface area contributed by atoms with E-state index in [0.29, 0.717) is 17.5 Å². The second kappa shape index (κ2) is 7.42. The molecule has 1 atom stereocenters. The summed E-state index contributed by atoms with van der Waals surface area (Å²) < 4.78 is 0. The summed E-state index contributed by atoms with van der Waals surface area (Å²) in [6, 6.07) is 16.6. The van der Waals surface area contributed by atoms with E-state index in [9.17, 15) is 4.79 Å². The van der Waals surface area contributed by atoms with Gasteiger partial charge in [0.1, 0.15) is 0 Å². The monoisotopic (exact) mass is 401 g/mol. The van der Waals surface area contributed by atoms with Crippen molar-refractivity contribution in [3.63, 3.8) is 0 Å². The number of para-hydroxylation sites is 1. The summed E-state index contributed by atoms with van der Waals surface area (Å²) in [5, 5.41) is 5.99. The standard InChI is InChI=1S/C26H31N3O/c1-17(2)28-24-13-12-20(14-22(24)18(3)16-26(28,5)6)15-23-19(4)27-29(25(23)30)21-10-8-7-9-11-21/h7-15,17-18H,16H2,1-6H3/b23-15+. The van der Waals surface area contributed by atoms with Gasteiger partial charge in [-0.25, -0.2) is 0 Å². The lowest BCUT2D eigenvalue weighted by molar-refractivity contribution is -0.114. The highest BCUT2D eigenvalue weighted by Crippen LogP contribution is 2.44. The van der Waals surface area contributed by atoms with E-state index >= 15 is 0 Å². The van der Waals surface area contributed by atoms with Crippen molar-refractivity contribution in [2.75, 3.05) is 9.91 Å². The Labute approximate surface area is 179 Å². The van der Waals surface area contributed by atoms with Gasteiger partial charge in [0.2, 0.25) is 0 Å². The summed E-state index contributed by atoms with van der Waals surface area (Å²) in [6.45, 7) is 13.4. The van der Waals surface area contributed by atoms with Gasteiger partial charge >= 0.3 is 0 Å². The summed E-state index contributed by atoms with van der Waals surface area (Å²) in [6.07, 6.45) is 3.09. The normalized spacial score (nSPS) is 22.0. The molecule has 2 aromatic carbocycles. The zero-order valence-corrected chi connectivity index (χ0v) is 18.8. The molecule has 0 radical (unpaired) electrons. The van der Waals surface area contributed by atoms with Gasteiger partial charge in [0.05, 0.1) is 17.0 Å². The number of rotatable bonds is 3. The van der Waals surface area contributed by atoms with Crippen LogP contribution in [0.2, 0.25) is 0 Å².